The Labute approximate surface area is 107 Å². The molecule has 0 spiro atoms. The second kappa shape index (κ2) is 5.86. The first-order valence-electron chi connectivity index (χ1n) is 5.44. The van der Waals surface area contributed by atoms with Gasteiger partial charge < -0.3 is 9.47 Å². The summed E-state index contributed by atoms with van der Waals surface area (Å²) in [6, 6.07) is 5.57. The maximum atomic E-state index is 11.2. The highest BCUT2D eigenvalue weighted by Crippen LogP contribution is 2.16. The van der Waals surface area contributed by atoms with Crippen molar-refractivity contribution in [1.29, 1.82) is 0 Å². The van der Waals surface area contributed by atoms with Crippen LogP contribution < -0.4 is 4.74 Å². The van der Waals surface area contributed by atoms with Crippen LogP contribution in [0.15, 0.2) is 29.2 Å². The fraction of sp³-hybridized carbons (Fsp3) is 0.417. The van der Waals surface area contributed by atoms with E-state index in [1.165, 1.54) is 24.3 Å². The van der Waals surface area contributed by atoms with Gasteiger partial charge in [-0.2, -0.15) is 0 Å². The molecule has 0 atom stereocenters. The highest BCUT2D eigenvalue weighted by Gasteiger charge is 2.10. The van der Waals surface area contributed by atoms with Gasteiger partial charge in [-0.3, -0.25) is 0 Å². The van der Waals surface area contributed by atoms with E-state index in [-0.39, 0.29) is 23.2 Å². The molecule has 100 valence electrons. The summed E-state index contributed by atoms with van der Waals surface area (Å²) >= 11 is 0. The van der Waals surface area contributed by atoms with Gasteiger partial charge in [-0.05, 0) is 30.2 Å². The van der Waals surface area contributed by atoms with Crippen LogP contribution >= 0.6 is 0 Å². The summed E-state index contributed by atoms with van der Waals surface area (Å²) in [7, 11) is -3.24. The molecule has 0 aliphatic heterocycles. The van der Waals surface area contributed by atoms with Gasteiger partial charge in [0.1, 0.15) is 5.75 Å². The van der Waals surface area contributed by atoms with Crippen molar-refractivity contribution in [2.45, 2.75) is 18.7 Å². The van der Waals surface area contributed by atoms with Crippen molar-refractivity contribution in [3.05, 3.63) is 24.3 Å². The summed E-state index contributed by atoms with van der Waals surface area (Å²) in [4.78, 5) is 11.4. The van der Waals surface area contributed by atoms with Crippen molar-refractivity contribution >= 4 is 16.0 Å². The lowest BCUT2D eigenvalue weighted by molar-refractivity contribution is 0.0885. The van der Waals surface area contributed by atoms with Gasteiger partial charge >= 0.3 is 6.16 Å². The van der Waals surface area contributed by atoms with Gasteiger partial charge in [-0.25, -0.2) is 13.2 Å². The number of hydrogen-bond donors (Lipinski definition) is 0. The van der Waals surface area contributed by atoms with E-state index in [0.717, 1.165) is 6.26 Å². The van der Waals surface area contributed by atoms with Crippen LogP contribution in [0.25, 0.3) is 0 Å². The Kier molecular flexibility index (Phi) is 4.72. The Bertz CT molecular complexity index is 502. The fourth-order valence-electron chi connectivity index (χ4n) is 1.12. The quantitative estimate of drug-likeness (QED) is 0.621. The van der Waals surface area contributed by atoms with Crippen LogP contribution in [-0.4, -0.2) is 27.4 Å². The average molecular weight is 272 g/mol. The average Bonchev–Trinajstić information content (AvgIpc) is 2.26. The molecule has 18 heavy (non-hydrogen) atoms. The van der Waals surface area contributed by atoms with Crippen LogP contribution in [0.1, 0.15) is 13.8 Å². The van der Waals surface area contributed by atoms with E-state index < -0.39 is 16.0 Å². The zero-order valence-corrected chi connectivity index (χ0v) is 11.4. The molecule has 0 radical (unpaired) electrons. The highest BCUT2D eigenvalue weighted by molar-refractivity contribution is 7.90. The Balaban J connectivity index is 2.62. The number of ether oxygens (including phenoxy) is 2. The van der Waals surface area contributed by atoms with Crippen molar-refractivity contribution < 1.29 is 22.7 Å². The molecule has 6 heteroatoms. The molecule has 0 amide bonds. The van der Waals surface area contributed by atoms with Gasteiger partial charge in [0.15, 0.2) is 9.84 Å². The number of rotatable bonds is 4. The van der Waals surface area contributed by atoms with Gasteiger partial charge in [0.2, 0.25) is 0 Å². The molecule has 0 heterocycles. The minimum absolute atomic E-state index is 0.172. The maximum Gasteiger partial charge on any atom is 0.513 e. The second-order valence-corrected chi connectivity index (χ2v) is 6.32. The molecule has 0 aliphatic rings. The SMILES string of the molecule is CC(C)COC(=O)Oc1ccc(S(C)(=O)=O)cc1. The normalized spacial score (nSPS) is 11.3. The Morgan fingerprint density at radius 2 is 1.78 bits per heavy atom. The van der Waals surface area contributed by atoms with Gasteiger partial charge in [0, 0.05) is 6.26 Å². The molecule has 0 bridgehead atoms. The van der Waals surface area contributed by atoms with E-state index >= 15 is 0 Å². The molecule has 0 unspecified atom stereocenters. The number of hydrogen-bond acceptors (Lipinski definition) is 5. The van der Waals surface area contributed by atoms with E-state index in [0.29, 0.717) is 0 Å². The number of carbonyl (C=O) groups is 1. The lowest BCUT2D eigenvalue weighted by Gasteiger charge is -2.07. The summed E-state index contributed by atoms with van der Waals surface area (Å²) < 4.78 is 32.1. The van der Waals surface area contributed by atoms with Crippen LogP contribution in [0.4, 0.5) is 4.79 Å². The van der Waals surface area contributed by atoms with Gasteiger partial charge in [0.05, 0.1) is 11.5 Å². The van der Waals surface area contributed by atoms with Crippen molar-refractivity contribution in [2.24, 2.45) is 5.92 Å². The molecule has 5 nitrogen and oxygen atoms in total. The monoisotopic (exact) mass is 272 g/mol. The standard InChI is InChI=1S/C12H16O5S/c1-9(2)8-16-12(13)17-10-4-6-11(7-5-10)18(3,14)15/h4-7,9H,8H2,1-3H3. The Morgan fingerprint density at radius 1 is 1.22 bits per heavy atom. The number of benzene rings is 1. The fourth-order valence-corrected chi connectivity index (χ4v) is 1.75. The van der Waals surface area contributed by atoms with Crippen molar-refractivity contribution in [1.82, 2.24) is 0 Å². The Hall–Kier alpha value is -1.56. The lowest BCUT2D eigenvalue weighted by Crippen LogP contribution is -2.14. The maximum absolute atomic E-state index is 11.2. The van der Waals surface area contributed by atoms with Crippen molar-refractivity contribution in [3.8, 4) is 5.75 Å². The predicted octanol–water partition coefficient (Wildman–Crippen LogP) is 2.26. The number of sulfone groups is 1. The van der Waals surface area contributed by atoms with E-state index in [9.17, 15) is 13.2 Å². The summed E-state index contributed by atoms with van der Waals surface area (Å²) in [5.74, 6) is 0.473. The summed E-state index contributed by atoms with van der Waals surface area (Å²) in [5, 5.41) is 0. The Morgan fingerprint density at radius 3 is 2.22 bits per heavy atom. The van der Waals surface area contributed by atoms with Gasteiger partial charge in [-0.1, -0.05) is 13.8 Å². The molecule has 0 saturated carbocycles. The molecular formula is C12H16O5S. The molecular weight excluding hydrogens is 256 g/mol. The molecule has 0 aliphatic carbocycles. The predicted molar refractivity (Wildman–Crippen MR) is 66.4 cm³/mol. The first-order chi connectivity index (χ1) is 8.29. The van der Waals surface area contributed by atoms with Crippen LogP contribution in [-0.2, 0) is 14.6 Å². The van der Waals surface area contributed by atoms with Gasteiger partial charge in [-0.15, -0.1) is 0 Å². The van der Waals surface area contributed by atoms with Gasteiger partial charge in [0.25, 0.3) is 0 Å². The third kappa shape index (κ3) is 4.75. The summed E-state index contributed by atoms with van der Waals surface area (Å²) in [5.41, 5.74) is 0. The molecule has 1 aromatic rings. The molecule has 0 fully saturated rings. The van der Waals surface area contributed by atoms with Crippen LogP contribution in [0.2, 0.25) is 0 Å². The molecule has 1 aromatic carbocycles. The minimum Gasteiger partial charge on any atom is -0.434 e. The van der Waals surface area contributed by atoms with E-state index in [1.54, 1.807) is 0 Å². The first-order valence-corrected chi connectivity index (χ1v) is 7.33. The van der Waals surface area contributed by atoms with E-state index in [2.05, 4.69) is 0 Å². The zero-order chi connectivity index (χ0) is 13.8. The molecule has 0 N–H and O–H groups in total. The van der Waals surface area contributed by atoms with Crippen molar-refractivity contribution in [3.63, 3.8) is 0 Å². The molecule has 0 saturated heterocycles. The second-order valence-electron chi connectivity index (χ2n) is 4.30. The smallest absolute Gasteiger partial charge is 0.434 e. The largest absolute Gasteiger partial charge is 0.513 e. The lowest BCUT2D eigenvalue weighted by atomic mass is 10.2. The highest BCUT2D eigenvalue weighted by atomic mass is 32.2. The first kappa shape index (κ1) is 14.5. The third-order valence-corrected chi connectivity index (χ3v) is 3.12. The topological polar surface area (TPSA) is 69.7 Å². The molecule has 0 aromatic heterocycles. The van der Waals surface area contributed by atoms with E-state index in [1.807, 2.05) is 13.8 Å². The summed E-state index contributed by atoms with van der Waals surface area (Å²) in [6.07, 6.45) is 0.315. The summed E-state index contributed by atoms with van der Waals surface area (Å²) in [6.45, 7) is 4.10. The van der Waals surface area contributed by atoms with Crippen LogP contribution in [0, 0.1) is 5.92 Å². The van der Waals surface area contributed by atoms with Crippen LogP contribution in [0.5, 0.6) is 5.75 Å². The van der Waals surface area contributed by atoms with Crippen LogP contribution in [0.3, 0.4) is 0 Å². The zero-order valence-electron chi connectivity index (χ0n) is 10.5. The third-order valence-electron chi connectivity index (χ3n) is 1.99. The minimum atomic E-state index is -3.24. The molecule has 1 rings (SSSR count). The number of carbonyl (C=O) groups excluding carboxylic acids is 1. The van der Waals surface area contributed by atoms with Crippen molar-refractivity contribution in [2.75, 3.05) is 12.9 Å². The van der Waals surface area contributed by atoms with E-state index in [4.69, 9.17) is 9.47 Å².